The summed E-state index contributed by atoms with van der Waals surface area (Å²) in [5, 5.41) is 0. The molecule has 1 aliphatic rings. The number of hydrogen-bond acceptors (Lipinski definition) is 6. The second-order valence-corrected chi connectivity index (χ2v) is 9.35. The molecule has 0 saturated carbocycles. The van der Waals surface area contributed by atoms with Crippen LogP contribution in [0, 0.1) is 6.92 Å². The Bertz CT molecular complexity index is 1300. The third kappa shape index (κ3) is 4.62. The lowest BCUT2D eigenvalue weighted by Gasteiger charge is -2.17. The molecule has 1 N–H and O–H groups in total. The van der Waals surface area contributed by atoms with E-state index in [1.54, 1.807) is 33.5 Å². The van der Waals surface area contributed by atoms with Gasteiger partial charge in [-0.05, 0) is 48.9 Å². The quantitative estimate of drug-likeness (QED) is 0.509. The van der Waals surface area contributed by atoms with E-state index >= 15 is 0 Å². The summed E-state index contributed by atoms with van der Waals surface area (Å²) < 4.78 is 56.3. The van der Waals surface area contributed by atoms with Gasteiger partial charge in [0.2, 0.25) is 0 Å². The molecule has 0 saturated heterocycles. The standard InChI is InChI=1S/C25H26O7S/c1-15-5-8-24(33(26,27)28)16(9-15)10-20-12-17-11-19(30-3)14-22(25(17)32-20)21-13-18(29-2)6-7-23(21)31-4/h5-9,11,13-14,20H,10,12H2,1-4H3,(H,26,27,28). The molecule has 4 rings (SSSR count). The molecular formula is C25H26O7S. The first-order valence-corrected chi connectivity index (χ1v) is 11.8. The number of hydrogen-bond donors (Lipinski definition) is 1. The van der Waals surface area contributed by atoms with Gasteiger partial charge in [0.1, 0.15) is 29.1 Å². The summed E-state index contributed by atoms with van der Waals surface area (Å²) in [4.78, 5) is -0.0973. The van der Waals surface area contributed by atoms with E-state index in [1.807, 2.05) is 37.3 Å². The lowest BCUT2D eigenvalue weighted by Crippen LogP contribution is -2.18. The molecule has 1 unspecified atom stereocenters. The van der Waals surface area contributed by atoms with Crippen LogP contribution in [0.5, 0.6) is 23.0 Å². The van der Waals surface area contributed by atoms with Gasteiger partial charge in [-0.15, -0.1) is 0 Å². The van der Waals surface area contributed by atoms with Gasteiger partial charge in [0.15, 0.2) is 0 Å². The zero-order valence-electron chi connectivity index (χ0n) is 18.9. The van der Waals surface area contributed by atoms with Crippen molar-refractivity contribution >= 4 is 10.1 Å². The minimum absolute atomic E-state index is 0.0973. The van der Waals surface area contributed by atoms with Crippen LogP contribution in [0.1, 0.15) is 16.7 Å². The van der Waals surface area contributed by atoms with Crippen LogP contribution in [-0.2, 0) is 23.0 Å². The molecule has 0 aromatic heterocycles. The van der Waals surface area contributed by atoms with Crippen LogP contribution in [0.4, 0.5) is 0 Å². The maximum absolute atomic E-state index is 11.9. The lowest BCUT2D eigenvalue weighted by atomic mass is 9.97. The van der Waals surface area contributed by atoms with Crippen LogP contribution in [0.15, 0.2) is 53.4 Å². The molecule has 0 aliphatic carbocycles. The van der Waals surface area contributed by atoms with Crippen molar-refractivity contribution in [3.05, 3.63) is 65.2 Å². The molecule has 3 aromatic carbocycles. The molecule has 0 amide bonds. The summed E-state index contributed by atoms with van der Waals surface area (Å²) in [7, 11) is 0.461. The Kier molecular flexibility index (Phi) is 6.23. The van der Waals surface area contributed by atoms with Crippen LogP contribution in [0.25, 0.3) is 11.1 Å². The molecule has 1 heterocycles. The topological polar surface area (TPSA) is 91.3 Å². The third-order valence-electron chi connectivity index (χ3n) is 5.75. The minimum atomic E-state index is -4.34. The van der Waals surface area contributed by atoms with Gasteiger partial charge in [-0.1, -0.05) is 17.7 Å². The van der Waals surface area contributed by atoms with Crippen molar-refractivity contribution in [1.82, 2.24) is 0 Å². The Morgan fingerprint density at radius 3 is 2.33 bits per heavy atom. The molecule has 8 heteroatoms. The van der Waals surface area contributed by atoms with Gasteiger partial charge in [-0.25, -0.2) is 0 Å². The average Bonchev–Trinajstić information content (AvgIpc) is 3.19. The van der Waals surface area contributed by atoms with Crippen molar-refractivity contribution in [2.24, 2.45) is 0 Å². The molecule has 0 spiro atoms. The SMILES string of the molecule is COc1ccc(OC)c(-c2cc(OC)cc3c2OC(Cc2cc(C)ccc2S(=O)(=O)O)C3)c1. The summed E-state index contributed by atoms with van der Waals surface area (Å²) in [5.41, 5.74) is 3.95. The maximum atomic E-state index is 11.9. The Morgan fingerprint density at radius 2 is 1.67 bits per heavy atom. The predicted molar refractivity (Wildman–Crippen MR) is 124 cm³/mol. The van der Waals surface area contributed by atoms with Gasteiger partial charge < -0.3 is 18.9 Å². The first-order valence-electron chi connectivity index (χ1n) is 10.4. The first-order chi connectivity index (χ1) is 15.7. The van der Waals surface area contributed by atoms with Gasteiger partial charge in [0.05, 0.1) is 26.2 Å². The summed E-state index contributed by atoms with van der Waals surface area (Å²) >= 11 is 0. The van der Waals surface area contributed by atoms with Crippen LogP contribution in [0.2, 0.25) is 0 Å². The molecule has 1 atom stereocenters. The maximum Gasteiger partial charge on any atom is 0.294 e. The molecule has 0 fully saturated rings. The van der Waals surface area contributed by atoms with Crippen LogP contribution >= 0.6 is 0 Å². The van der Waals surface area contributed by atoms with E-state index in [2.05, 4.69) is 0 Å². The molecular weight excluding hydrogens is 444 g/mol. The smallest absolute Gasteiger partial charge is 0.294 e. The number of fused-ring (bicyclic) bond motifs is 1. The van der Waals surface area contributed by atoms with Gasteiger partial charge in [0, 0.05) is 29.5 Å². The zero-order chi connectivity index (χ0) is 23.8. The van der Waals surface area contributed by atoms with E-state index in [9.17, 15) is 13.0 Å². The van der Waals surface area contributed by atoms with Crippen molar-refractivity contribution in [3.63, 3.8) is 0 Å². The highest BCUT2D eigenvalue weighted by atomic mass is 32.2. The Balaban J connectivity index is 1.75. The predicted octanol–water partition coefficient (Wildman–Crippen LogP) is 4.48. The second kappa shape index (κ2) is 8.96. The molecule has 0 bridgehead atoms. The van der Waals surface area contributed by atoms with Gasteiger partial charge >= 0.3 is 0 Å². The summed E-state index contributed by atoms with van der Waals surface area (Å²) in [6, 6.07) is 14.2. The van der Waals surface area contributed by atoms with E-state index in [4.69, 9.17) is 18.9 Å². The Hall–Kier alpha value is -3.23. The van der Waals surface area contributed by atoms with Crippen molar-refractivity contribution in [2.75, 3.05) is 21.3 Å². The van der Waals surface area contributed by atoms with Crippen LogP contribution in [0.3, 0.4) is 0 Å². The van der Waals surface area contributed by atoms with Crippen LogP contribution in [-0.4, -0.2) is 40.4 Å². The normalized spacial score (nSPS) is 15.0. The molecule has 174 valence electrons. The number of benzene rings is 3. The highest BCUT2D eigenvalue weighted by Gasteiger charge is 2.30. The number of rotatable bonds is 7. The third-order valence-corrected chi connectivity index (χ3v) is 6.70. The highest BCUT2D eigenvalue weighted by molar-refractivity contribution is 7.85. The van der Waals surface area contributed by atoms with Crippen molar-refractivity contribution in [2.45, 2.75) is 30.8 Å². The molecule has 7 nitrogen and oxygen atoms in total. The number of methoxy groups -OCH3 is 3. The Morgan fingerprint density at radius 1 is 0.939 bits per heavy atom. The molecule has 3 aromatic rings. The van der Waals surface area contributed by atoms with E-state index in [0.717, 1.165) is 22.3 Å². The number of aryl methyl sites for hydroxylation is 1. The van der Waals surface area contributed by atoms with E-state index in [0.29, 0.717) is 41.4 Å². The summed E-state index contributed by atoms with van der Waals surface area (Å²) in [5.74, 6) is 2.69. The average molecular weight is 471 g/mol. The fourth-order valence-electron chi connectivity index (χ4n) is 4.23. The zero-order valence-corrected chi connectivity index (χ0v) is 19.7. The fourth-order valence-corrected chi connectivity index (χ4v) is 4.94. The number of ether oxygens (including phenoxy) is 4. The molecule has 33 heavy (non-hydrogen) atoms. The van der Waals surface area contributed by atoms with E-state index in [-0.39, 0.29) is 11.0 Å². The van der Waals surface area contributed by atoms with Crippen molar-refractivity contribution in [3.8, 4) is 34.1 Å². The minimum Gasteiger partial charge on any atom is -0.497 e. The summed E-state index contributed by atoms with van der Waals surface area (Å²) in [6.07, 6.45) is 0.567. The monoisotopic (exact) mass is 470 g/mol. The largest absolute Gasteiger partial charge is 0.497 e. The van der Waals surface area contributed by atoms with Crippen LogP contribution < -0.4 is 18.9 Å². The van der Waals surface area contributed by atoms with Gasteiger partial charge in [-0.2, -0.15) is 8.42 Å². The van der Waals surface area contributed by atoms with E-state index in [1.165, 1.54) is 6.07 Å². The molecule has 0 radical (unpaired) electrons. The summed E-state index contributed by atoms with van der Waals surface area (Å²) in [6.45, 7) is 1.87. The Labute approximate surface area is 193 Å². The lowest BCUT2D eigenvalue weighted by molar-refractivity contribution is 0.233. The van der Waals surface area contributed by atoms with Gasteiger partial charge in [-0.3, -0.25) is 4.55 Å². The molecule has 1 aliphatic heterocycles. The highest BCUT2D eigenvalue weighted by Crippen LogP contribution is 2.46. The second-order valence-electron chi connectivity index (χ2n) is 7.96. The van der Waals surface area contributed by atoms with E-state index < -0.39 is 10.1 Å². The van der Waals surface area contributed by atoms with Crippen molar-refractivity contribution in [1.29, 1.82) is 0 Å². The fraction of sp³-hybridized carbons (Fsp3) is 0.280. The first kappa shape index (κ1) is 22.9. The van der Waals surface area contributed by atoms with Gasteiger partial charge in [0.25, 0.3) is 10.1 Å². The van der Waals surface area contributed by atoms with Crippen molar-refractivity contribution < 1.29 is 31.9 Å².